The Morgan fingerprint density at radius 2 is 1.52 bits per heavy atom. The fourth-order valence-electron chi connectivity index (χ4n) is 4.42. The Labute approximate surface area is 130 Å². The fourth-order valence-corrected chi connectivity index (χ4v) is 4.42. The summed E-state index contributed by atoms with van der Waals surface area (Å²) in [7, 11) is 0. The van der Waals surface area contributed by atoms with E-state index < -0.39 is 0 Å². The Hall–Kier alpha value is -0.820. The van der Waals surface area contributed by atoms with E-state index >= 15 is 0 Å². The monoisotopic (exact) mass is 285 g/mol. The van der Waals surface area contributed by atoms with Gasteiger partial charge in [0.25, 0.3) is 0 Å². The molecule has 0 bridgehead atoms. The first-order chi connectivity index (χ1) is 10.4. The molecular formula is C20H31N. The van der Waals surface area contributed by atoms with Gasteiger partial charge in [-0.15, -0.1) is 0 Å². The lowest BCUT2D eigenvalue weighted by Gasteiger charge is -2.33. The topological polar surface area (TPSA) is 3.24 Å². The number of piperidine rings is 1. The van der Waals surface area contributed by atoms with Gasteiger partial charge in [0.2, 0.25) is 0 Å². The Balaban J connectivity index is 1.63. The summed E-state index contributed by atoms with van der Waals surface area (Å²) in [5.41, 5.74) is 1.60. The predicted octanol–water partition coefficient (Wildman–Crippen LogP) is 5.23. The van der Waals surface area contributed by atoms with E-state index in [1.807, 2.05) is 0 Å². The maximum Gasteiger partial charge on any atom is -0.00128 e. The van der Waals surface area contributed by atoms with Crippen LogP contribution in [0.4, 0.5) is 0 Å². The smallest absolute Gasteiger partial charge is 0.00128 e. The van der Waals surface area contributed by atoms with E-state index in [1.165, 1.54) is 77.4 Å². The van der Waals surface area contributed by atoms with Crippen LogP contribution in [0.2, 0.25) is 0 Å². The maximum absolute atomic E-state index is 2.71. The molecule has 1 aliphatic carbocycles. The SMILES string of the molecule is c1ccc(C(CCN2CCCCC2)C2CCCCC2)cc1. The van der Waals surface area contributed by atoms with Gasteiger partial charge < -0.3 is 4.90 Å². The first-order valence-electron chi connectivity index (χ1n) is 9.21. The first kappa shape index (κ1) is 15.1. The largest absolute Gasteiger partial charge is 0.303 e. The van der Waals surface area contributed by atoms with E-state index in [-0.39, 0.29) is 0 Å². The molecule has 1 unspecified atom stereocenters. The van der Waals surface area contributed by atoms with Crippen molar-refractivity contribution in [3.63, 3.8) is 0 Å². The van der Waals surface area contributed by atoms with Crippen LogP contribution in [0, 0.1) is 5.92 Å². The van der Waals surface area contributed by atoms with E-state index in [1.54, 1.807) is 5.56 Å². The Bertz CT molecular complexity index is 388. The fraction of sp³-hybridized carbons (Fsp3) is 0.700. The van der Waals surface area contributed by atoms with E-state index in [0.29, 0.717) is 0 Å². The van der Waals surface area contributed by atoms with Crippen molar-refractivity contribution in [1.29, 1.82) is 0 Å². The summed E-state index contributed by atoms with van der Waals surface area (Å²) in [6, 6.07) is 11.4. The van der Waals surface area contributed by atoms with Crippen molar-refractivity contribution >= 4 is 0 Å². The molecule has 1 saturated heterocycles. The summed E-state index contributed by atoms with van der Waals surface area (Å²) < 4.78 is 0. The standard InChI is InChI=1S/C20H31N/c1-4-10-18(11-5-1)20(19-12-6-2-7-13-19)14-17-21-15-8-3-9-16-21/h1,4-5,10-11,19-20H,2-3,6-9,12-17H2. The van der Waals surface area contributed by atoms with Crippen LogP contribution in [-0.4, -0.2) is 24.5 Å². The lowest BCUT2D eigenvalue weighted by molar-refractivity contribution is 0.203. The number of hydrogen-bond donors (Lipinski definition) is 0. The van der Waals surface area contributed by atoms with Crippen molar-refractivity contribution in [2.75, 3.05) is 19.6 Å². The third-order valence-electron chi connectivity index (χ3n) is 5.65. The van der Waals surface area contributed by atoms with Crippen LogP contribution in [0.5, 0.6) is 0 Å². The highest BCUT2D eigenvalue weighted by molar-refractivity contribution is 5.20. The van der Waals surface area contributed by atoms with Gasteiger partial charge >= 0.3 is 0 Å². The molecule has 2 aliphatic rings. The van der Waals surface area contributed by atoms with Crippen LogP contribution in [0.15, 0.2) is 30.3 Å². The molecule has 0 aromatic heterocycles. The van der Waals surface area contributed by atoms with Gasteiger partial charge in [0.15, 0.2) is 0 Å². The Morgan fingerprint density at radius 1 is 0.857 bits per heavy atom. The van der Waals surface area contributed by atoms with Crippen LogP contribution in [0.3, 0.4) is 0 Å². The average Bonchev–Trinajstić information content (AvgIpc) is 2.58. The van der Waals surface area contributed by atoms with Crippen molar-refractivity contribution in [1.82, 2.24) is 4.90 Å². The highest BCUT2D eigenvalue weighted by Gasteiger charge is 2.25. The molecule has 116 valence electrons. The van der Waals surface area contributed by atoms with Gasteiger partial charge in [-0.1, -0.05) is 56.0 Å². The second-order valence-electron chi connectivity index (χ2n) is 7.11. The molecule has 1 saturated carbocycles. The van der Waals surface area contributed by atoms with Gasteiger partial charge in [-0.2, -0.15) is 0 Å². The molecule has 1 aromatic rings. The highest BCUT2D eigenvalue weighted by Crippen LogP contribution is 2.38. The van der Waals surface area contributed by atoms with Gasteiger partial charge in [0.05, 0.1) is 0 Å². The summed E-state index contributed by atoms with van der Waals surface area (Å²) >= 11 is 0. The molecule has 0 N–H and O–H groups in total. The zero-order valence-electron chi connectivity index (χ0n) is 13.5. The van der Waals surface area contributed by atoms with Crippen LogP contribution in [0.1, 0.15) is 69.3 Å². The van der Waals surface area contributed by atoms with Gasteiger partial charge in [-0.25, -0.2) is 0 Å². The third kappa shape index (κ3) is 4.32. The van der Waals surface area contributed by atoms with Crippen molar-refractivity contribution in [3.8, 4) is 0 Å². The Morgan fingerprint density at radius 3 is 2.24 bits per heavy atom. The van der Waals surface area contributed by atoms with Crippen LogP contribution in [0.25, 0.3) is 0 Å². The number of nitrogens with zero attached hydrogens (tertiary/aromatic N) is 1. The molecule has 1 heterocycles. The summed E-state index contributed by atoms with van der Waals surface area (Å²) in [5.74, 6) is 1.74. The third-order valence-corrected chi connectivity index (χ3v) is 5.65. The summed E-state index contributed by atoms with van der Waals surface area (Å²) in [4.78, 5) is 2.71. The average molecular weight is 285 g/mol. The molecule has 21 heavy (non-hydrogen) atoms. The van der Waals surface area contributed by atoms with Gasteiger partial charge in [0.1, 0.15) is 0 Å². The molecule has 1 nitrogen and oxygen atoms in total. The zero-order valence-corrected chi connectivity index (χ0v) is 13.5. The highest BCUT2D eigenvalue weighted by atomic mass is 15.1. The van der Waals surface area contributed by atoms with Crippen molar-refractivity contribution in [3.05, 3.63) is 35.9 Å². The molecule has 0 spiro atoms. The number of likely N-dealkylation sites (tertiary alicyclic amines) is 1. The second kappa shape index (κ2) is 7.98. The molecule has 1 aliphatic heterocycles. The van der Waals surface area contributed by atoms with Gasteiger partial charge in [0, 0.05) is 0 Å². The van der Waals surface area contributed by atoms with Gasteiger partial charge in [-0.05, 0) is 69.1 Å². The summed E-state index contributed by atoms with van der Waals surface area (Å²) in [5, 5.41) is 0. The maximum atomic E-state index is 2.71. The molecule has 0 amide bonds. The van der Waals surface area contributed by atoms with Gasteiger partial charge in [-0.3, -0.25) is 0 Å². The quantitative estimate of drug-likeness (QED) is 0.716. The van der Waals surface area contributed by atoms with Crippen molar-refractivity contribution < 1.29 is 0 Å². The van der Waals surface area contributed by atoms with E-state index in [4.69, 9.17) is 0 Å². The first-order valence-corrected chi connectivity index (χ1v) is 9.21. The molecule has 1 aromatic carbocycles. The van der Waals surface area contributed by atoms with Crippen LogP contribution < -0.4 is 0 Å². The second-order valence-corrected chi connectivity index (χ2v) is 7.11. The number of benzene rings is 1. The number of rotatable bonds is 5. The zero-order chi connectivity index (χ0) is 14.3. The molecule has 0 radical (unpaired) electrons. The van der Waals surface area contributed by atoms with Crippen LogP contribution in [-0.2, 0) is 0 Å². The molecule has 3 rings (SSSR count). The predicted molar refractivity (Wildman–Crippen MR) is 90.7 cm³/mol. The van der Waals surface area contributed by atoms with E-state index in [9.17, 15) is 0 Å². The minimum Gasteiger partial charge on any atom is -0.303 e. The van der Waals surface area contributed by atoms with Crippen molar-refractivity contribution in [2.45, 2.75) is 63.7 Å². The number of hydrogen-bond acceptors (Lipinski definition) is 1. The lowest BCUT2D eigenvalue weighted by Crippen LogP contribution is -2.32. The normalized spacial score (nSPS) is 23.0. The van der Waals surface area contributed by atoms with Crippen molar-refractivity contribution in [2.24, 2.45) is 5.92 Å². The molecular weight excluding hydrogens is 254 g/mol. The minimum absolute atomic E-state index is 0.799. The summed E-state index contributed by atoms with van der Waals surface area (Å²) in [6.07, 6.45) is 12.9. The molecule has 1 heteroatoms. The lowest BCUT2D eigenvalue weighted by atomic mass is 9.75. The van der Waals surface area contributed by atoms with Crippen LogP contribution >= 0.6 is 0 Å². The Kier molecular flexibility index (Phi) is 5.74. The minimum atomic E-state index is 0.799. The van der Waals surface area contributed by atoms with E-state index in [2.05, 4.69) is 35.2 Å². The van der Waals surface area contributed by atoms with E-state index in [0.717, 1.165) is 11.8 Å². The summed E-state index contributed by atoms with van der Waals surface area (Å²) in [6.45, 7) is 3.99. The molecule has 2 fully saturated rings. The molecule has 1 atom stereocenters.